The highest BCUT2D eigenvalue weighted by Crippen LogP contribution is 2.39. The van der Waals surface area contributed by atoms with Crippen LogP contribution in [0.2, 0.25) is 0 Å². The maximum atomic E-state index is 15.1. The van der Waals surface area contributed by atoms with Crippen molar-refractivity contribution in [3.8, 4) is 0 Å². The van der Waals surface area contributed by atoms with Crippen LogP contribution in [-0.2, 0) is 28.8 Å². The molecule has 15 nitrogen and oxygen atoms in total. The molecule has 364 valence electrons. The van der Waals surface area contributed by atoms with Gasteiger partial charge in [0.15, 0.2) is 0 Å². The van der Waals surface area contributed by atoms with E-state index in [0.717, 1.165) is 23.1 Å². The van der Waals surface area contributed by atoms with Gasteiger partial charge in [0.2, 0.25) is 35.4 Å². The Bertz CT molecular complexity index is 2100. The first-order chi connectivity index (χ1) is 31.7. The van der Waals surface area contributed by atoms with E-state index in [-0.39, 0.29) is 38.1 Å². The van der Waals surface area contributed by atoms with Gasteiger partial charge in [-0.05, 0) is 84.4 Å². The predicted octanol–water partition coefficient (Wildman–Crippen LogP) is 5.88. The smallest absolute Gasteiger partial charge is 0.243 e. The summed E-state index contributed by atoms with van der Waals surface area (Å²) in [5.41, 5.74) is 6.54. The normalized spacial score (nSPS) is 15.9. The van der Waals surface area contributed by atoms with Crippen molar-refractivity contribution in [2.45, 2.75) is 116 Å². The zero-order valence-electron chi connectivity index (χ0n) is 40.9. The van der Waals surface area contributed by atoms with Crippen molar-refractivity contribution in [3.05, 3.63) is 120 Å². The lowest BCUT2D eigenvalue weighted by atomic mass is 9.78. The monoisotopic (exact) mass is 923 g/mol. The minimum Gasteiger partial charge on any atom is -0.368 e. The highest BCUT2D eigenvalue weighted by molar-refractivity contribution is 5.92. The zero-order chi connectivity index (χ0) is 49.5. The van der Waals surface area contributed by atoms with Crippen LogP contribution < -0.4 is 11.1 Å². The summed E-state index contributed by atoms with van der Waals surface area (Å²) in [6.45, 7) is 17.2. The van der Waals surface area contributed by atoms with E-state index in [9.17, 15) is 29.2 Å². The molecular weight excluding hydrogens is 849 g/mol. The molecule has 3 aromatic rings. The Morgan fingerprint density at radius 2 is 1.15 bits per heavy atom. The molecule has 1 saturated heterocycles. The number of unbranched alkanes of at least 4 members (excludes halogenated alkanes) is 1. The molecule has 0 unspecified atom stereocenters. The summed E-state index contributed by atoms with van der Waals surface area (Å²) in [5.74, 6) is -3.01. The summed E-state index contributed by atoms with van der Waals surface area (Å²) in [6.07, 6.45) is 3.56. The van der Waals surface area contributed by atoms with Gasteiger partial charge in [0.25, 0.3) is 0 Å². The first kappa shape index (κ1) is 53.7. The summed E-state index contributed by atoms with van der Waals surface area (Å²) >= 11 is 0. The quantitative estimate of drug-likeness (QED) is 0.0925. The van der Waals surface area contributed by atoms with Gasteiger partial charge in [-0.2, -0.15) is 5.06 Å². The molecule has 15 heteroatoms. The van der Waals surface area contributed by atoms with Crippen molar-refractivity contribution in [1.29, 1.82) is 0 Å². The second-order valence-corrected chi connectivity index (χ2v) is 18.9. The van der Waals surface area contributed by atoms with E-state index in [2.05, 4.69) is 11.9 Å². The van der Waals surface area contributed by atoms with Gasteiger partial charge in [0.1, 0.15) is 19.6 Å². The predicted molar refractivity (Wildman–Crippen MR) is 260 cm³/mol. The fourth-order valence-corrected chi connectivity index (χ4v) is 8.99. The summed E-state index contributed by atoms with van der Waals surface area (Å²) in [7, 11) is 0. The number of primary amides is 1. The second kappa shape index (κ2) is 24.7. The van der Waals surface area contributed by atoms with Gasteiger partial charge in [0, 0.05) is 36.3 Å². The van der Waals surface area contributed by atoms with Gasteiger partial charge in [-0.15, -0.1) is 6.58 Å². The highest BCUT2D eigenvalue weighted by Gasteiger charge is 2.48. The van der Waals surface area contributed by atoms with E-state index >= 15 is 4.79 Å². The van der Waals surface area contributed by atoms with Crippen molar-refractivity contribution >= 4 is 35.4 Å². The molecule has 4 rings (SSSR count). The standard InChI is InChI=1S/C52H74N8O7/c1-10-12-29-56(46(62)32-54-38(3)41-22-16-13-17-23-41)35-49(65)59(44-30-51(6,7)60(67)52(8,9)31-44)37-50(66)58(40(5)43-26-20-15-21-27-43)36-47(63)55(28-11-2)34-48(64)57(33-45(53)61)39(4)42-24-18-14-19-25-42/h11,13-27,38-40,44,54,67H,2,10,12,28-37H2,1,3-9H3,(H2,53,61)/t38-,39-,40-/m0/s1. The second-order valence-electron chi connectivity index (χ2n) is 18.9. The van der Waals surface area contributed by atoms with Crippen LogP contribution in [0.4, 0.5) is 0 Å². The molecule has 4 N–H and O–H groups in total. The van der Waals surface area contributed by atoms with E-state index < -0.39 is 78.4 Å². The minimum absolute atomic E-state index is 0.00536. The lowest BCUT2D eigenvalue weighted by molar-refractivity contribution is -0.251. The molecular formula is C52H74N8O7. The van der Waals surface area contributed by atoms with Crippen LogP contribution in [0, 0.1) is 0 Å². The van der Waals surface area contributed by atoms with E-state index in [0.29, 0.717) is 25.8 Å². The van der Waals surface area contributed by atoms with Crippen molar-refractivity contribution in [2.24, 2.45) is 5.73 Å². The molecule has 1 heterocycles. The average molecular weight is 923 g/mol. The molecule has 1 fully saturated rings. The van der Waals surface area contributed by atoms with Gasteiger partial charge >= 0.3 is 0 Å². The Labute approximate surface area is 397 Å². The number of rotatable bonds is 24. The van der Waals surface area contributed by atoms with Gasteiger partial charge in [-0.25, -0.2) is 0 Å². The third-order valence-corrected chi connectivity index (χ3v) is 12.8. The molecule has 0 aliphatic carbocycles. The number of nitrogens with zero attached hydrogens (tertiary/aromatic N) is 6. The van der Waals surface area contributed by atoms with Crippen LogP contribution in [0.1, 0.15) is 116 Å². The number of amides is 6. The van der Waals surface area contributed by atoms with Crippen molar-refractivity contribution in [1.82, 2.24) is 34.9 Å². The number of hydrogen-bond acceptors (Lipinski definition) is 9. The van der Waals surface area contributed by atoms with Gasteiger partial charge < -0.3 is 40.8 Å². The lowest BCUT2D eigenvalue weighted by Gasteiger charge is -2.53. The summed E-state index contributed by atoms with van der Waals surface area (Å²) in [4.78, 5) is 91.8. The Morgan fingerprint density at radius 3 is 1.63 bits per heavy atom. The fourth-order valence-electron chi connectivity index (χ4n) is 8.99. The van der Waals surface area contributed by atoms with Crippen LogP contribution >= 0.6 is 0 Å². The third kappa shape index (κ3) is 15.1. The number of nitrogens with two attached hydrogens (primary N) is 1. The van der Waals surface area contributed by atoms with E-state index in [1.54, 1.807) is 18.7 Å². The molecule has 0 aromatic heterocycles. The molecule has 0 bridgehead atoms. The number of piperidine rings is 1. The maximum Gasteiger partial charge on any atom is 0.243 e. The number of hydrogen-bond donors (Lipinski definition) is 3. The summed E-state index contributed by atoms with van der Waals surface area (Å²) in [5, 5.41) is 15.9. The minimum atomic E-state index is -0.797. The highest BCUT2D eigenvalue weighted by atomic mass is 16.5. The number of carbonyl (C=O) groups excluding carboxylic acids is 6. The first-order valence-corrected chi connectivity index (χ1v) is 23.4. The maximum absolute atomic E-state index is 15.1. The van der Waals surface area contributed by atoms with Crippen molar-refractivity contribution < 1.29 is 34.0 Å². The largest absolute Gasteiger partial charge is 0.368 e. The topological polar surface area (TPSA) is 180 Å². The first-order valence-electron chi connectivity index (χ1n) is 23.4. The molecule has 67 heavy (non-hydrogen) atoms. The summed E-state index contributed by atoms with van der Waals surface area (Å²) in [6, 6.07) is 26.3. The van der Waals surface area contributed by atoms with Crippen LogP contribution in [0.15, 0.2) is 104 Å². The van der Waals surface area contributed by atoms with Crippen LogP contribution in [0.25, 0.3) is 0 Å². The molecule has 0 radical (unpaired) electrons. The van der Waals surface area contributed by atoms with Crippen LogP contribution in [0.3, 0.4) is 0 Å². The van der Waals surface area contributed by atoms with E-state index in [4.69, 9.17) is 5.73 Å². The van der Waals surface area contributed by atoms with Crippen LogP contribution in [0.5, 0.6) is 0 Å². The van der Waals surface area contributed by atoms with Crippen LogP contribution in [-0.4, -0.2) is 140 Å². The van der Waals surface area contributed by atoms with Crippen molar-refractivity contribution in [3.63, 3.8) is 0 Å². The molecule has 0 saturated carbocycles. The molecule has 1 aliphatic heterocycles. The molecule has 1 aliphatic rings. The Morgan fingerprint density at radius 1 is 0.687 bits per heavy atom. The Hall–Kier alpha value is -5.90. The van der Waals surface area contributed by atoms with Gasteiger partial charge in [-0.1, -0.05) is 110 Å². The molecule has 0 spiro atoms. The molecule has 6 amide bonds. The number of carbonyl (C=O) groups is 6. The molecule has 3 atom stereocenters. The number of hydroxylamine groups is 2. The SMILES string of the molecule is C=CCN(CC(=O)N(CC(N)=O)[C@@H](C)c1ccccc1)C(=O)CN(C(=O)CN(C(=O)CN(CCCC)C(=O)CN[C@@H](C)c1ccccc1)C1CC(C)(C)N(O)C(C)(C)C1)[C@@H](C)c1ccccc1. The fraction of sp³-hybridized carbons (Fsp3) is 0.500. The molecule has 3 aromatic carbocycles. The van der Waals surface area contributed by atoms with E-state index in [1.165, 1.54) is 30.7 Å². The third-order valence-electron chi connectivity index (χ3n) is 12.8. The lowest BCUT2D eigenvalue weighted by Crippen LogP contribution is -2.65. The van der Waals surface area contributed by atoms with Gasteiger partial charge in [0.05, 0.1) is 31.7 Å². The van der Waals surface area contributed by atoms with E-state index in [1.807, 2.05) is 133 Å². The number of benzene rings is 3. The number of nitrogens with one attached hydrogen (secondary N) is 1. The Balaban J connectivity index is 1.68. The zero-order valence-corrected chi connectivity index (χ0v) is 40.9. The van der Waals surface area contributed by atoms with Crippen molar-refractivity contribution in [2.75, 3.05) is 52.4 Å². The summed E-state index contributed by atoms with van der Waals surface area (Å²) < 4.78 is 0. The average Bonchev–Trinajstić information content (AvgIpc) is 3.30. The Kier molecular flexibility index (Phi) is 19.8. The van der Waals surface area contributed by atoms with Gasteiger partial charge in [-0.3, -0.25) is 28.8 Å².